The van der Waals surface area contributed by atoms with Crippen molar-refractivity contribution in [3.05, 3.63) is 41.3 Å². The first-order valence-corrected chi connectivity index (χ1v) is 6.99. The van der Waals surface area contributed by atoms with E-state index in [1.54, 1.807) is 6.20 Å². The number of aromatic nitrogens is 3. The van der Waals surface area contributed by atoms with Crippen molar-refractivity contribution >= 4 is 21.7 Å². The summed E-state index contributed by atoms with van der Waals surface area (Å²) in [6.45, 7) is 1.18. The van der Waals surface area contributed by atoms with E-state index in [4.69, 9.17) is 9.47 Å². The molecule has 0 atom stereocenters. The Labute approximate surface area is 123 Å². The second-order valence-corrected chi connectivity index (χ2v) is 5.38. The first-order valence-electron chi connectivity index (χ1n) is 6.20. The van der Waals surface area contributed by atoms with Crippen molar-refractivity contribution in [1.82, 2.24) is 14.4 Å². The second kappa shape index (κ2) is 4.49. The largest absolute Gasteiger partial charge is 0.486 e. The SMILES string of the molecule is Brc1cnc2nc(-c3ccc4c(c3)OCCO4)cn2c1. The summed E-state index contributed by atoms with van der Waals surface area (Å²) in [5.41, 5.74) is 1.84. The van der Waals surface area contributed by atoms with Crippen LogP contribution < -0.4 is 9.47 Å². The van der Waals surface area contributed by atoms with E-state index >= 15 is 0 Å². The number of halogens is 1. The molecule has 0 bridgehead atoms. The van der Waals surface area contributed by atoms with Crippen molar-refractivity contribution < 1.29 is 9.47 Å². The summed E-state index contributed by atoms with van der Waals surface area (Å²) >= 11 is 3.40. The minimum atomic E-state index is 0.579. The summed E-state index contributed by atoms with van der Waals surface area (Å²) in [6.07, 6.45) is 5.60. The van der Waals surface area contributed by atoms with E-state index in [1.165, 1.54) is 0 Å². The molecule has 100 valence electrons. The number of ether oxygens (including phenoxy) is 2. The fraction of sp³-hybridized carbons (Fsp3) is 0.143. The molecule has 6 heteroatoms. The van der Waals surface area contributed by atoms with Crippen LogP contribution >= 0.6 is 15.9 Å². The van der Waals surface area contributed by atoms with Gasteiger partial charge in [-0.15, -0.1) is 0 Å². The standard InChI is InChI=1S/C14H10BrN3O2/c15-10-6-16-14-17-11(8-18(14)7-10)9-1-2-12-13(5-9)20-4-3-19-12/h1-2,5-8H,3-4H2. The lowest BCUT2D eigenvalue weighted by atomic mass is 10.1. The van der Waals surface area contributed by atoms with Gasteiger partial charge in [0.25, 0.3) is 0 Å². The lowest BCUT2D eigenvalue weighted by molar-refractivity contribution is 0.171. The highest BCUT2D eigenvalue weighted by atomic mass is 79.9. The minimum Gasteiger partial charge on any atom is -0.486 e. The molecule has 20 heavy (non-hydrogen) atoms. The Hall–Kier alpha value is -2.08. The van der Waals surface area contributed by atoms with Gasteiger partial charge >= 0.3 is 0 Å². The summed E-state index contributed by atoms with van der Waals surface area (Å²) in [5, 5.41) is 0. The Bertz CT molecular complexity index is 800. The third kappa shape index (κ3) is 1.92. The molecule has 3 aromatic rings. The van der Waals surface area contributed by atoms with Crippen LogP contribution in [0.4, 0.5) is 0 Å². The average Bonchev–Trinajstić information content (AvgIpc) is 2.89. The maximum Gasteiger partial charge on any atom is 0.234 e. The van der Waals surface area contributed by atoms with Gasteiger partial charge in [0.15, 0.2) is 11.5 Å². The molecule has 0 amide bonds. The lowest BCUT2D eigenvalue weighted by Gasteiger charge is -2.18. The van der Waals surface area contributed by atoms with Gasteiger partial charge in [-0.1, -0.05) is 0 Å². The van der Waals surface area contributed by atoms with Crippen molar-refractivity contribution in [1.29, 1.82) is 0 Å². The van der Waals surface area contributed by atoms with Crippen molar-refractivity contribution in [2.75, 3.05) is 13.2 Å². The summed E-state index contributed by atoms with van der Waals surface area (Å²) < 4.78 is 13.9. The zero-order valence-electron chi connectivity index (χ0n) is 10.4. The Kier molecular flexibility index (Phi) is 2.63. The second-order valence-electron chi connectivity index (χ2n) is 4.46. The van der Waals surface area contributed by atoms with E-state index in [9.17, 15) is 0 Å². The predicted molar refractivity (Wildman–Crippen MR) is 77.1 cm³/mol. The predicted octanol–water partition coefficient (Wildman–Crippen LogP) is 2.93. The van der Waals surface area contributed by atoms with E-state index < -0.39 is 0 Å². The molecule has 0 unspecified atom stereocenters. The van der Waals surface area contributed by atoms with Crippen LogP contribution in [0.2, 0.25) is 0 Å². The van der Waals surface area contributed by atoms with E-state index in [-0.39, 0.29) is 0 Å². The van der Waals surface area contributed by atoms with Crippen LogP contribution in [0.25, 0.3) is 17.0 Å². The van der Waals surface area contributed by atoms with E-state index in [2.05, 4.69) is 25.9 Å². The Morgan fingerprint density at radius 1 is 1.10 bits per heavy atom. The molecule has 4 rings (SSSR count). The molecule has 2 aromatic heterocycles. The highest BCUT2D eigenvalue weighted by molar-refractivity contribution is 9.10. The lowest BCUT2D eigenvalue weighted by Crippen LogP contribution is -2.15. The molecule has 0 saturated heterocycles. The van der Waals surface area contributed by atoms with Crippen LogP contribution in [0.15, 0.2) is 41.3 Å². The first-order chi connectivity index (χ1) is 9.79. The monoisotopic (exact) mass is 331 g/mol. The highest BCUT2D eigenvalue weighted by Gasteiger charge is 2.14. The molecule has 0 N–H and O–H groups in total. The van der Waals surface area contributed by atoms with Crippen LogP contribution in [0.5, 0.6) is 11.5 Å². The first kappa shape index (κ1) is 11.7. The van der Waals surface area contributed by atoms with Crippen LogP contribution in [0.1, 0.15) is 0 Å². The van der Waals surface area contributed by atoms with Crippen molar-refractivity contribution in [2.24, 2.45) is 0 Å². The number of hydrogen-bond acceptors (Lipinski definition) is 4. The molecule has 0 spiro atoms. The molecule has 0 fully saturated rings. The zero-order chi connectivity index (χ0) is 13.5. The van der Waals surface area contributed by atoms with Crippen LogP contribution in [-0.2, 0) is 0 Å². The van der Waals surface area contributed by atoms with Gasteiger partial charge in [0.2, 0.25) is 5.78 Å². The molecule has 0 saturated carbocycles. The van der Waals surface area contributed by atoms with Gasteiger partial charge in [0.1, 0.15) is 13.2 Å². The third-order valence-corrected chi connectivity index (χ3v) is 3.53. The smallest absolute Gasteiger partial charge is 0.234 e. The van der Waals surface area contributed by atoms with Gasteiger partial charge in [0, 0.05) is 24.2 Å². The molecule has 1 aliphatic heterocycles. The third-order valence-electron chi connectivity index (χ3n) is 3.12. The summed E-state index contributed by atoms with van der Waals surface area (Å²) in [7, 11) is 0. The van der Waals surface area contributed by atoms with Gasteiger partial charge in [0.05, 0.1) is 10.2 Å². The molecule has 0 radical (unpaired) electrons. The van der Waals surface area contributed by atoms with Crippen LogP contribution in [0, 0.1) is 0 Å². The Morgan fingerprint density at radius 2 is 1.95 bits per heavy atom. The average molecular weight is 332 g/mol. The minimum absolute atomic E-state index is 0.579. The maximum absolute atomic E-state index is 5.60. The van der Waals surface area contributed by atoms with Crippen LogP contribution in [0.3, 0.4) is 0 Å². The highest BCUT2D eigenvalue weighted by Crippen LogP contribution is 2.34. The number of fused-ring (bicyclic) bond motifs is 2. The number of benzene rings is 1. The van der Waals surface area contributed by atoms with Gasteiger partial charge in [-0.25, -0.2) is 9.97 Å². The maximum atomic E-state index is 5.60. The van der Waals surface area contributed by atoms with Gasteiger partial charge in [-0.3, -0.25) is 4.40 Å². The Morgan fingerprint density at radius 3 is 2.85 bits per heavy atom. The molecule has 0 aliphatic carbocycles. The van der Waals surface area contributed by atoms with Gasteiger partial charge in [-0.2, -0.15) is 0 Å². The molecular formula is C14H10BrN3O2. The van der Waals surface area contributed by atoms with Gasteiger partial charge in [-0.05, 0) is 34.1 Å². The van der Waals surface area contributed by atoms with E-state index in [0.717, 1.165) is 27.2 Å². The Balaban J connectivity index is 1.82. The molecule has 1 aliphatic rings. The number of rotatable bonds is 1. The fourth-order valence-electron chi connectivity index (χ4n) is 2.20. The fourth-order valence-corrected chi connectivity index (χ4v) is 2.52. The number of nitrogens with zero attached hydrogens (tertiary/aromatic N) is 3. The molecule has 3 heterocycles. The summed E-state index contributed by atoms with van der Waals surface area (Å²) in [5.74, 6) is 2.21. The van der Waals surface area contributed by atoms with E-state index in [1.807, 2.05) is 35.0 Å². The topological polar surface area (TPSA) is 48.7 Å². The number of hydrogen-bond donors (Lipinski definition) is 0. The van der Waals surface area contributed by atoms with Gasteiger partial charge < -0.3 is 9.47 Å². The van der Waals surface area contributed by atoms with Crippen molar-refractivity contribution in [3.63, 3.8) is 0 Å². The van der Waals surface area contributed by atoms with E-state index in [0.29, 0.717) is 19.0 Å². The van der Waals surface area contributed by atoms with Crippen molar-refractivity contribution in [3.8, 4) is 22.8 Å². The number of imidazole rings is 1. The molecule has 5 nitrogen and oxygen atoms in total. The van der Waals surface area contributed by atoms with Crippen molar-refractivity contribution in [2.45, 2.75) is 0 Å². The molecular weight excluding hydrogens is 322 g/mol. The summed E-state index contributed by atoms with van der Waals surface area (Å²) in [6, 6.07) is 5.84. The van der Waals surface area contributed by atoms with Crippen LogP contribution in [-0.4, -0.2) is 27.6 Å². The summed E-state index contributed by atoms with van der Waals surface area (Å²) in [4.78, 5) is 8.77. The zero-order valence-corrected chi connectivity index (χ0v) is 12.0. The molecule has 1 aromatic carbocycles. The normalized spacial score (nSPS) is 13.7. The quantitative estimate of drug-likeness (QED) is 0.687.